The molecule has 1 fully saturated rings. The van der Waals surface area contributed by atoms with Gasteiger partial charge in [-0.15, -0.1) is 0 Å². The van der Waals surface area contributed by atoms with E-state index < -0.39 is 9.84 Å². The third-order valence-corrected chi connectivity index (χ3v) is 5.05. The van der Waals surface area contributed by atoms with Crippen LogP contribution in [0.4, 0.5) is 5.69 Å². The van der Waals surface area contributed by atoms with Crippen molar-refractivity contribution in [2.24, 2.45) is 0 Å². The second-order valence-corrected chi connectivity index (χ2v) is 6.93. The summed E-state index contributed by atoms with van der Waals surface area (Å²) in [7, 11) is -2.92. The molecule has 1 aliphatic rings. The van der Waals surface area contributed by atoms with E-state index in [0.29, 0.717) is 17.8 Å². The molecule has 0 spiro atoms. The van der Waals surface area contributed by atoms with Gasteiger partial charge < -0.3 is 5.73 Å². The summed E-state index contributed by atoms with van der Waals surface area (Å²) in [6, 6.07) is 3.55. The lowest BCUT2D eigenvalue weighted by Crippen LogP contribution is -2.11. The molecular formula is C12H14N4O2S. The molecule has 19 heavy (non-hydrogen) atoms. The summed E-state index contributed by atoms with van der Waals surface area (Å²) in [5.41, 5.74) is 8.06. The van der Waals surface area contributed by atoms with Gasteiger partial charge in [0.15, 0.2) is 9.84 Å². The van der Waals surface area contributed by atoms with Gasteiger partial charge >= 0.3 is 0 Å². The maximum atomic E-state index is 11.5. The Hall–Kier alpha value is -1.89. The lowest BCUT2D eigenvalue weighted by molar-refractivity contribution is 0.501. The summed E-state index contributed by atoms with van der Waals surface area (Å²) in [5.74, 6) is 0.367. The molecule has 2 aromatic heterocycles. The molecule has 0 radical (unpaired) electrons. The van der Waals surface area contributed by atoms with Gasteiger partial charge in [0.05, 0.1) is 23.2 Å². The van der Waals surface area contributed by atoms with Crippen LogP contribution in [0, 0.1) is 0 Å². The number of nitrogen functional groups attached to an aromatic ring is 1. The first kappa shape index (κ1) is 12.2. The molecule has 6 nitrogen and oxygen atoms in total. The van der Waals surface area contributed by atoms with Crippen molar-refractivity contribution < 1.29 is 8.42 Å². The van der Waals surface area contributed by atoms with Gasteiger partial charge in [-0.3, -0.25) is 9.67 Å². The zero-order chi connectivity index (χ0) is 13.5. The molecule has 3 heterocycles. The Labute approximate surface area is 111 Å². The Kier molecular flexibility index (Phi) is 2.78. The van der Waals surface area contributed by atoms with Crippen molar-refractivity contribution in [3.05, 3.63) is 30.7 Å². The monoisotopic (exact) mass is 278 g/mol. The van der Waals surface area contributed by atoms with Gasteiger partial charge in [-0.1, -0.05) is 0 Å². The van der Waals surface area contributed by atoms with Gasteiger partial charge in [-0.25, -0.2) is 8.42 Å². The molecule has 1 saturated heterocycles. The van der Waals surface area contributed by atoms with Gasteiger partial charge in [0, 0.05) is 24.2 Å². The Balaban J connectivity index is 1.95. The standard InChI is InChI=1S/C12H14N4O2S/c13-11-7-16(10-3-6-19(17,18)8-10)15-12(11)9-1-4-14-5-2-9/h1-2,4-5,7,10H,3,6,8,13H2. The minimum absolute atomic E-state index is 0.108. The molecule has 0 amide bonds. The summed E-state index contributed by atoms with van der Waals surface area (Å²) >= 11 is 0. The third-order valence-electron chi connectivity index (χ3n) is 3.30. The van der Waals surface area contributed by atoms with Crippen LogP contribution in [-0.4, -0.2) is 34.7 Å². The molecule has 2 aromatic rings. The second kappa shape index (κ2) is 4.34. The molecule has 0 aromatic carbocycles. The van der Waals surface area contributed by atoms with Crippen LogP contribution < -0.4 is 5.73 Å². The fourth-order valence-electron chi connectivity index (χ4n) is 2.31. The predicted molar refractivity (Wildman–Crippen MR) is 72.2 cm³/mol. The molecule has 3 rings (SSSR count). The molecule has 2 N–H and O–H groups in total. The molecule has 0 bridgehead atoms. The van der Waals surface area contributed by atoms with Crippen molar-refractivity contribution >= 4 is 15.5 Å². The van der Waals surface area contributed by atoms with E-state index in [-0.39, 0.29) is 17.5 Å². The van der Waals surface area contributed by atoms with E-state index in [4.69, 9.17) is 5.73 Å². The molecule has 1 atom stereocenters. The number of sulfone groups is 1. The lowest BCUT2D eigenvalue weighted by atomic mass is 10.2. The van der Waals surface area contributed by atoms with Crippen LogP contribution in [0.1, 0.15) is 12.5 Å². The van der Waals surface area contributed by atoms with Crippen LogP contribution in [0.15, 0.2) is 30.7 Å². The third kappa shape index (κ3) is 2.33. The number of nitrogens with zero attached hydrogens (tertiary/aromatic N) is 3. The van der Waals surface area contributed by atoms with E-state index >= 15 is 0 Å². The normalized spacial score (nSPS) is 21.6. The lowest BCUT2D eigenvalue weighted by Gasteiger charge is -2.07. The Bertz CT molecular complexity index is 694. The van der Waals surface area contributed by atoms with E-state index in [0.717, 1.165) is 5.56 Å². The highest BCUT2D eigenvalue weighted by Crippen LogP contribution is 2.28. The molecule has 1 unspecified atom stereocenters. The summed E-state index contributed by atoms with van der Waals surface area (Å²) < 4.78 is 24.7. The van der Waals surface area contributed by atoms with Crippen molar-refractivity contribution in [1.82, 2.24) is 14.8 Å². The van der Waals surface area contributed by atoms with E-state index in [1.807, 2.05) is 12.1 Å². The number of hydrogen-bond donors (Lipinski definition) is 1. The predicted octanol–water partition coefficient (Wildman–Crippen LogP) is 0.887. The maximum absolute atomic E-state index is 11.5. The van der Waals surface area contributed by atoms with E-state index in [9.17, 15) is 8.42 Å². The zero-order valence-electron chi connectivity index (χ0n) is 10.2. The average molecular weight is 278 g/mol. The van der Waals surface area contributed by atoms with E-state index in [1.54, 1.807) is 23.3 Å². The van der Waals surface area contributed by atoms with Crippen molar-refractivity contribution in [1.29, 1.82) is 0 Å². The highest BCUT2D eigenvalue weighted by atomic mass is 32.2. The molecule has 0 saturated carbocycles. The van der Waals surface area contributed by atoms with Gasteiger partial charge in [0.25, 0.3) is 0 Å². The van der Waals surface area contributed by atoms with Crippen LogP contribution in [-0.2, 0) is 9.84 Å². The fraction of sp³-hybridized carbons (Fsp3) is 0.333. The van der Waals surface area contributed by atoms with Crippen LogP contribution >= 0.6 is 0 Å². The summed E-state index contributed by atoms with van der Waals surface area (Å²) in [6.45, 7) is 0. The van der Waals surface area contributed by atoms with Crippen molar-refractivity contribution in [3.63, 3.8) is 0 Å². The van der Waals surface area contributed by atoms with Gasteiger partial charge in [-0.2, -0.15) is 5.10 Å². The Morgan fingerprint density at radius 1 is 1.32 bits per heavy atom. The van der Waals surface area contributed by atoms with Gasteiger partial charge in [0.2, 0.25) is 0 Å². The van der Waals surface area contributed by atoms with Gasteiger partial charge in [-0.05, 0) is 18.6 Å². The first-order chi connectivity index (χ1) is 9.05. The van der Waals surface area contributed by atoms with E-state index in [1.165, 1.54) is 0 Å². The minimum Gasteiger partial charge on any atom is -0.396 e. The first-order valence-corrected chi connectivity index (χ1v) is 7.83. The van der Waals surface area contributed by atoms with Crippen LogP contribution in [0.5, 0.6) is 0 Å². The Morgan fingerprint density at radius 2 is 2.05 bits per heavy atom. The van der Waals surface area contributed by atoms with E-state index in [2.05, 4.69) is 10.1 Å². The zero-order valence-corrected chi connectivity index (χ0v) is 11.0. The number of anilines is 1. The Morgan fingerprint density at radius 3 is 2.68 bits per heavy atom. The molecule has 100 valence electrons. The van der Waals surface area contributed by atoms with Crippen molar-refractivity contribution in [3.8, 4) is 11.3 Å². The molecule has 0 aliphatic carbocycles. The smallest absolute Gasteiger partial charge is 0.152 e. The molecular weight excluding hydrogens is 264 g/mol. The minimum atomic E-state index is -2.92. The molecule has 1 aliphatic heterocycles. The summed E-state index contributed by atoms with van der Waals surface area (Å²) in [4.78, 5) is 3.95. The number of hydrogen-bond acceptors (Lipinski definition) is 5. The first-order valence-electron chi connectivity index (χ1n) is 6.00. The number of nitrogens with two attached hydrogens (primary N) is 1. The average Bonchev–Trinajstić information content (AvgIpc) is 2.93. The highest BCUT2D eigenvalue weighted by Gasteiger charge is 2.30. The topological polar surface area (TPSA) is 90.9 Å². The summed E-state index contributed by atoms with van der Waals surface area (Å²) in [5, 5.41) is 4.43. The van der Waals surface area contributed by atoms with Crippen molar-refractivity contribution in [2.45, 2.75) is 12.5 Å². The van der Waals surface area contributed by atoms with Gasteiger partial charge in [0.1, 0.15) is 5.69 Å². The number of aromatic nitrogens is 3. The fourth-order valence-corrected chi connectivity index (χ4v) is 4.01. The SMILES string of the molecule is Nc1cn(C2CCS(=O)(=O)C2)nc1-c1ccncc1. The van der Waals surface area contributed by atoms with Crippen LogP contribution in [0.2, 0.25) is 0 Å². The molecule has 7 heteroatoms. The van der Waals surface area contributed by atoms with Crippen LogP contribution in [0.25, 0.3) is 11.3 Å². The number of pyridine rings is 1. The quantitative estimate of drug-likeness (QED) is 0.880. The highest BCUT2D eigenvalue weighted by molar-refractivity contribution is 7.91. The maximum Gasteiger partial charge on any atom is 0.152 e. The van der Waals surface area contributed by atoms with Crippen LogP contribution in [0.3, 0.4) is 0 Å². The largest absolute Gasteiger partial charge is 0.396 e. The number of rotatable bonds is 2. The summed E-state index contributed by atoms with van der Waals surface area (Å²) in [6.07, 6.45) is 5.65. The van der Waals surface area contributed by atoms with Crippen molar-refractivity contribution in [2.75, 3.05) is 17.2 Å². The second-order valence-electron chi connectivity index (χ2n) is 4.71.